The number of carbonyl (C=O) groups is 1. The molecule has 28 heavy (non-hydrogen) atoms. The molecule has 2 aromatic carbocycles. The van der Waals surface area contributed by atoms with E-state index in [0.717, 1.165) is 4.88 Å². The standard InChI is InChI=1S/C20H12ClN3O3S/c21-15-8-7-12(24(26)27)10-17(15)23-20(25)14-11-18(19-6-3-9-28-19)22-16-5-2-1-4-13(14)16/h1-11H,(H,23,25). The van der Waals surface area contributed by atoms with Gasteiger partial charge in [-0.15, -0.1) is 11.3 Å². The Morgan fingerprint density at radius 2 is 1.93 bits per heavy atom. The summed E-state index contributed by atoms with van der Waals surface area (Å²) in [6, 6.07) is 16.8. The van der Waals surface area contributed by atoms with Gasteiger partial charge in [0.05, 0.1) is 37.3 Å². The number of nitro groups is 1. The minimum atomic E-state index is -0.539. The van der Waals surface area contributed by atoms with Crippen LogP contribution < -0.4 is 5.32 Å². The highest BCUT2D eigenvalue weighted by Crippen LogP contribution is 2.30. The third kappa shape index (κ3) is 3.45. The number of nitrogens with one attached hydrogen (secondary N) is 1. The number of thiophene rings is 1. The number of nitro benzene ring substituents is 1. The maximum atomic E-state index is 13.0. The van der Waals surface area contributed by atoms with Gasteiger partial charge in [-0.3, -0.25) is 14.9 Å². The molecule has 0 radical (unpaired) electrons. The lowest BCUT2D eigenvalue weighted by Crippen LogP contribution is -2.13. The number of amides is 1. The second-order valence-corrected chi connectivity index (χ2v) is 7.28. The fraction of sp³-hybridized carbons (Fsp3) is 0. The second-order valence-electron chi connectivity index (χ2n) is 5.92. The van der Waals surface area contributed by atoms with E-state index in [9.17, 15) is 14.9 Å². The summed E-state index contributed by atoms with van der Waals surface area (Å²) in [6.07, 6.45) is 0. The summed E-state index contributed by atoms with van der Waals surface area (Å²) in [5.74, 6) is -0.418. The van der Waals surface area contributed by atoms with Crippen molar-refractivity contribution in [3.05, 3.63) is 86.7 Å². The lowest BCUT2D eigenvalue weighted by atomic mass is 10.1. The normalized spacial score (nSPS) is 10.8. The fourth-order valence-electron chi connectivity index (χ4n) is 2.83. The van der Waals surface area contributed by atoms with Gasteiger partial charge in [0.2, 0.25) is 0 Å². The molecular formula is C20H12ClN3O3S. The van der Waals surface area contributed by atoms with Gasteiger partial charge in [-0.05, 0) is 29.6 Å². The molecule has 138 valence electrons. The molecule has 0 aliphatic heterocycles. The first-order chi connectivity index (χ1) is 13.5. The van der Waals surface area contributed by atoms with Crippen LogP contribution in [0.3, 0.4) is 0 Å². The molecule has 0 bridgehead atoms. The Labute approximate surface area is 168 Å². The maximum absolute atomic E-state index is 13.0. The van der Waals surface area contributed by atoms with Crippen LogP contribution in [0.25, 0.3) is 21.5 Å². The van der Waals surface area contributed by atoms with Crippen molar-refractivity contribution in [1.29, 1.82) is 0 Å². The average molecular weight is 410 g/mol. The van der Waals surface area contributed by atoms with E-state index in [1.165, 1.54) is 29.5 Å². The number of anilines is 1. The minimum Gasteiger partial charge on any atom is -0.320 e. The van der Waals surface area contributed by atoms with Crippen molar-refractivity contribution < 1.29 is 9.72 Å². The van der Waals surface area contributed by atoms with E-state index in [2.05, 4.69) is 10.3 Å². The van der Waals surface area contributed by atoms with E-state index in [1.807, 2.05) is 41.8 Å². The molecule has 0 saturated carbocycles. The Bertz CT molecular complexity index is 1210. The molecule has 8 heteroatoms. The summed E-state index contributed by atoms with van der Waals surface area (Å²) >= 11 is 7.64. The maximum Gasteiger partial charge on any atom is 0.271 e. The fourth-order valence-corrected chi connectivity index (χ4v) is 3.68. The molecule has 0 spiro atoms. The van der Waals surface area contributed by atoms with Gasteiger partial charge < -0.3 is 5.32 Å². The molecule has 0 unspecified atom stereocenters. The van der Waals surface area contributed by atoms with Crippen molar-refractivity contribution in [3.63, 3.8) is 0 Å². The van der Waals surface area contributed by atoms with Crippen LogP contribution in [0.5, 0.6) is 0 Å². The number of rotatable bonds is 4. The summed E-state index contributed by atoms with van der Waals surface area (Å²) in [7, 11) is 0. The summed E-state index contributed by atoms with van der Waals surface area (Å²) in [6.45, 7) is 0. The molecule has 4 aromatic rings. The van der Waals surface area contributed by atoms with Crippen LogP contribution in [0, 0.1) is 10.1 Å². The Balaban J connectivity index is 1.79. The molecule has 2 aromatic heterocycles. The lowest BCUT2D eigenvalue weighted by Gasteiger charge is -2.11. The first kappa shape index (κ1) is 18.1. The van der Waals surface area contributed by atoms with Crippen molar-refractivity contribution in [2.24, 2.45) is 0 Å². The predicted molar refractivity (Wildman–Crippen MR) is 111 cm³/mol. The quantitative estimate of drug-likeness (QED) is 0.342. The van der Waals surface area contributed by atoms with Gasteiger partial charge in [0.25, 0.3) is 11.6 Å². The minimum absolute atomic E-state index is 0.154. The van der Waals surface area contributed by atoms with E-state index in [0.29, 0.717) is 22.2 Å². The number of carbonyl (C=O) groups excluding carboxylic acids is 1. The number of halogens is 1. The van der Waals surface area contributed by atoms with Gasteiger partial charge in [-0.1, -0.05) is 35.9 Å². The van der Waals surface area contributed by atoms with E-state index in [1.54, 1.807) is 6.07 Å². The van der Waals surface area contributed by atoms with Crippen LogP contribution in [0.1, 0.15) is 10.4 Å². The first-order valence-corrected chi connectivity index (χ1v) is 9.47. The number of para-hydroxylation sites is 1. The van der Waals surface area contributed by atoms with E-state index < -0.39 is 10.8 Å². The highest BCUT2D eigenvalue weighted by molar-refractivity contribution is 7.13. The number of non-ortho nitro benzene ring substituents is 1. The number of nitrogens with zero attached hydrogens (tertiary/aromatic N) is 2. The predicted octanol–water partition coefficient (Wildman–Crippen LogP) is 5.78. The second kappa shape index (κ2) is 7.38. The van der Waals surface area contributed by atoms with Crippen molar-refractivity contribution in [1.82, 2.24) is 4.98 Å². The van der Waals surface area contributed by atoms with E-state index in [-0.39, 0.29) is 16.4 Å². The van der Waals surface area contributed by atoms with Gasteiger partial charge in [-0.2, -0.15) is 0 Å². The Morgan fingerprint density at radius 3 is 2.68 bits per heavy atom. The van der Waals surface area contributed by atoms with Crippen molar-refractivity contribution in [3.8, 4) is 10.6 Å². The number of hydrogen-bond acceptors (Lipinski definition) is 5. The zero-order chi connectivity index (χ0) is 19.7. The number of fused-ring (bicyclic) bond motifs is 1. The van der Waals surface area contributed by atoms with Crippen LogP contribution in [-0.2, 0) is 0 Å². The molecule has 0 aliphatic carbocycles. The Morgan fingerprint density at radius 1 is 1.11 bits per heavy atom. The largest absolute Gasteiger partial charge is 0.320 e. The van der Waals surface area contributed by atoms with Crippen LogP contribution in [0.2, 0.25) is 5.02 Å². The molecule has 0 aliphatic rings. The van der Waals surface area contributed by atoms with E-state index in [4.69, 9.17) is 11.6 Å². The molecule has 4 rings (SSSR count). The molecule has 2 heterocycles. The Kier molecular flexibility index (Phi) is 4.77. The summed E-state index contributed by atoms with van der Waals surface area (Å²) in [4.78, 5) is 29.1. The zero-order valence-corrected chi connectivity index (χ0v) is 15.8. The molecule has 0 atom stereocenters. The highest BCUT2D eigenvalue weighted by atomic mass is 35.5. The molecule has 1 amide bonds. The Hall–Kier alpha value is -3.29. The van der Waals surface area contributed by atoms with Crippen molar-refractivity contribution in [2.45, 2.75) is 0 Å². The van der Waals surface area contributed by atoms with Crippen LogP contribution in [0.4, 0.5) is 11.4 Å². The SMILES string of the molecule is O=C(Nc1cc([N+](=O)[O-])ccc1Cl)c1cc(-c2cccs2)nc2ccccc12. The number of hydrogen-bond donors (Lipinski definition) is 1. The van der Waals surface area contributed by atoms with Crippen molar-refractivity contribution in [2.75, 3.05) is 5.32 Å². The molecular weight excluding hydrogens is 398 g/mol. The van der Waals surface area contributed by atoms with Gasteiger partial charge in [-0.25, -0.2) is 4.98 Å². The monoisotopic (exact) mass is 409 g/mol. The summed E-state index contributed by atoms with van der Waals surface area (Å²) in [5, 5.41) is 16.5. The van der Waals surface area contributed by atoms with Gasteiger partial charge in [0.15, 0.2) is 0 Å². The zero-order valence-electron chi connectivity index (χ0n) is 14.3. The van der Waals surface area contributed by atoms with Crippen LogP contribution in [0.15, 0.2) is 66.0 Å². The average Bonchev–Trinajstić information content (AvgIpc) is 3.23. The third-order valence-corrected chi connectivity index (χ3v) is 5.37. The number of aromatic nitrogens is 1. The van der Waals surface area contributed by atoms with Crippen LogP contribution in [-0.4, -0.2) is 15.8 Å². The first-order valence-electron chi connectivity index (χ1n) is 8.22. The molecule has 6 nitrogen and oxygen atoms in total. The molecule has 0 fully saturated rings. The topological polar surface area (TPSA) is 85.1 Å². The summed E-state index contributed by atoms with van der Waals surface area (Å²) < 4.78 is 0. The van der Waals surface area contributed by atoms with Crippen LogP contribution >= 0.6 is 22.9 Å². The highest BCUT2D eigenvalue weighted by Gasteiger charge is 2.17. The van der Waals surface area contributed by atoms with Crippen molar-refractivity contribution >= 4 is 51.1 Å². The molecule has 1 N–H and O–H groups in total. The molecule has 0 saturated heterocycles. The number of pyridine rings is 1. The van der Waals surface area contributed by atoms with Gasteiger partial charge in [0.1, 0.15) is 0 Å². The van der Waals surface area contributed by atoms with Gasteiger partial charge >= 0.3 is 0 Å². The van der Waals surface area contributed by atoms with Gasteiger partial charge in [0, 0.05) is 17.5 Å². The summed E-state index contributed by atoms with van der Waals surface area (Å²) in [5.41, 5.74) is 1.81. The lowest BCUT2D eigenvalue weighted by molar-refractivity contribution is -0.384. The third-order valence-electron chi connectivity index (χ3n) is 4.14. The smallest absolute Gasteiger partial charge is 0.271 e. The number of benzene rings is 2. The van der Waals surface area contributed by atoms with E-state index >= 15 is 0 Å².